The van der Waals surface area contributed by atoms with Gasteiger partial charge in [-0.15, -0.1) is 4.40 Å². The highest BCUT2D eigenvalue weighted by Crippen LogP contribution is 2.34. The molecule has 2 aliphatic heterocycles. The molecule has 9 heteroatoms. The van der Waals surface area contributed by atoms with E-state index in [1.54, 1.807) is 20.8 Å². The Morgan fingerprint density at radius 1 is 1.07 bits per heavy atom. The van der Waals surface area contributed by atoms with Crippen LogP contribution < -0.4 is 0 Å². The molecule has 0 aliphatic carbocycles. The number of hydrogen-bond donors (Lipinski definition) is 0. The van der Waals surface area contributed by atoms with Crippen LogP contribution in [0.1, 0.15) is 45.2 Å². The molecular formula is C20H29N3O4S2. The van der Waals surface area contributed by atoms with Crippen molar-refractivity contribution in [3.63, 3.8) is 0 Å². The number of benzene rings is 1. The van der Waals surface area contributed by atoms with Crippen molar-refractivity contribution in [3.8, 4) is 0 Å². The van der Waals surface area contributed by atoms with E-state index >= 15 is 0 Å². The second kappa shape index (κ2) is 8.20. The summed E-state index contributed by atoms with van der Waals surface area (Å²) in [6, 6.07) is 7.52. The monoisotopic (exact) mass is 439 g/mol. The first-order valence-electron chi connectivity index (χ1n) is 9.97. The Hall–Kier alpha value is -1.71. The molecule has 3 rings (SSSR count). The van der Waals surface area contributed by atoms with Crippen LogP contribution in [0.3, 0.4) is 0 Å². The van der Waals surface area contributed by atoms with Crippen molar-refractivity contribution in [2.24, 2.45) is 4.40 Å². The summed E-state index contributed by atoms with van der Waals surface area (Å²) in [5, 5.41) is -0.474. The first kappa shape index (κ1) is 22.0. The Morgan fingerprint density at radius 2 is 1.72 bits per heavy atom. The van der Waals surface area contributed by atoms with E-state index in [0.29, 0.717) is 49.6 Å². The van der Waals surface area contributed by atoms with Crippen LogP contribution in [0.15, 0.2) is 34.2 Å². The van der Waals surface area contributed by atoms with Gasteiger partial charge in [0.1, 0.15) is 10.7 Å². The van der Waals surface area contributed by atoms with Crippen molar-refractivity contribution in [1.82, 2.24) is 9.21 Å². The standard InChI is InChI=1S/C20H29N3O4S2/c1-5-17-7-9-18(10-8-17)19-16(4)20(21-28(19,24)25)22-11-6-12-23(14-13-22)29(26,27)15(2)3/h7-10,15H,5-6,11-14H2,1-4H3. The van der Waals surface area contributed by atoms with Gasteiger partial charge in [-0.3, -0.25) is 0 Å². The Morgan fingerprint density at radius 3 is 2.31 bits per heavy atom. The molecule has 0 N–H and O–H groups in total. The number of nitrogens with zero attached hydrogens (tertiary/aromatic N) is 3. The van der Waals surface area contributed by atoms with Crippen LogP contribution in [-0.4, -0.2) is 63.3 Å². The van der Waals surface area contributed by atoms with Gasteiger partial charge in [-0.05, 0) is 44.7 Å². The van der Waals surface area contributed by atoms with Crippen LogP contribution in [-0.2, 0) is 26.5 Å². The fourth-order valence-electron chi connectivity index (χ4n) is 3.73. The number of sulfonamides is 2. The molecule has 1 aromatic carbocycles. The SMILES string of the molecule is CCc1ccc(C2=C(C)C(N3CCCN(S(=O)(=O)C(C)C)CC3)=NS2(=O)=O)cc1. The second-order valence-electron chi connectivity index (χ2n) is 7.73. The molecule has 2 heterocycles. The molecule has 1 fully saturated rings. The van der Waals surface area contributed by atoms with Crippen molar-refractivity contribution >= 4 is 30.8 Å². The third-order valence-corrected chi connectivity index (χ3v) is 9.22. The molecule has 0 aromatic heterocycles. The molecule has 7 nitrogen and oxygen atoms in total. The van der Waals surface area contributed by atoms with E-state index in [9.17, 15) is 16.8 Å². The Labute approximate surface area is 174 Å². The zero-order chi connectivity index (χ0) is 21.4. The van der Waals surface area contributed by atoms with E-state index in [2.05, 4.69) is 11.3 Å². The fourth-order valence-corrected chi connectivity index (χ4v) is 6.53. The average molecular weight is 440 g/mol. The number of hydrogen-bond acceptors (Lipinski definition) is 5. The van der Waals surface area contributed by atoms with Crippen LogP contribution in [0.5, 0.6) is 0 Å². The summed E-state index contributed by atoms with van der Waals surface area (Å²) < 4.78 is 56.2. The van der Waals surface area contributed by atoms with E-state index in [1.807, 2.05) is 29.2 Å². The average Bonchev–Trinajstić information content (AvgIpc) is 2.83. The summed E-state index contributed by atoms with van der Waals surface area (Å²) >= 11 is 0. The Kier molecular flexibility index (Phi) is 6.21. The molecular weight excluding hydrogens is 410 g/mol. The van der Waals surface area contributed by atoms with Crippen LogP contribution in [0.2, 0.25) is 0 Å². The topological polar surface area (TPSA) is 87.1 Å². The van der Waals surface area contributed by atoms with Crippen molar-refractivity contribution in [2.45, 2.75) is 45.8 Å². The summed E-state index contributed by atoms with van der Waals surface area (Å²) in [4.78, 5) is 2.14. The highest BCUT2D eigenvalue weighted by atomic mass is 32.2. The zero-order valence-corrected chi connectivity index (χ0v) is 19.1. The Balaban J connectivity index is 1.88. The van der Waals surface area contributed by atoms with Gasteiger partial charge in [-0.1, -0.05) is 31.2 Å². The van der Waals surface area contributed by atoms with E-state index in [1.165, 1.54) is 4.31 Å². The van der Waals surface area contributed by atoms with E-state index in [-0.39, 0.29) is 4.91 Å². The van der Waals surface area contributed by atoms with E-state index < -0.39 is 25.3 Å². The van der Waals surface area contributed by atoms with Crippen molar-refractivity contribution in [1.29, 1.82) is 0 Å². The molecule has 0 bridgehead atoms. The van der Waals surface area contributed by atoms with E-state index in [4.69, 9.17) is 0 Å². The predicted molar refractivity (Wildman–Crippen MR) is 117 cm³/mol. The molecule has 0 atom stereocenters. The first-order chi connectivity index (χ1) is 13.6. The molecule has 29 heavy (non-hydrogen) atoms. The van der Waals surface area contributed by atoms with Crippen molar-refractivity contribution < 1.29 is 16.8 Å². The lowest BCUT2D eigenvalue weighted by atomic mass is 10.1. The van der Waals surface area contributed by atoms with E-state index in [0.717, 1.165) is 12.0 Å². The van der Waals surface area contributed by atoms with Crippen LogP contribution in [0.25, 0.3) is 4.91 Å². The molecule has 0 saturated carbocycles. The van der Waals surface area contributed by atoms with Gasteiger partial charge in [-0.25, -0.2) is 8.42 Å². The molecule has 1 saturated heterocycles. The van der Waals surface area contributed by atoms with Gasteiger partial charge in [0.2, 0.25) is 10.0 Å². The van der Waals surface area contributed by atoms with Gasteiger partial charge in [0.05, 0.1) is 5.25 Å². The van der Waals surface area contributed by atoms with Crippen molar-refractivity contribution in [2.75, 3.05) is 26.2 Å². The lowest BCUT2D eigenvalue weighted by Gasteiger charge is -2.24. The van der Waals surface area contributed by atoms with Gasteiger partial charge in [0, 0.05) is 31.8 Å². The third-order valence-electron chi connectivity index (χ3n) is 5.47. The normalized spacial score (nSPS) is 20.9. The summed E-state index contributed by atoms with van der Waals surface area (Å²) in [5.74, 6) is 0.434. The maximum absolute atomic E-state index is 12.8. The molecule has 0 radical (unpaired) electrons. The minimum Gasteiger partial charge on any atom is -0.354 e. The second-order valence-corrected chi connectivity index (χ2v) is 11.8. The van der Waals surface area contributed by atoms with Gasteiger partial charge in [-0.2, -0.15) is 12.7 Å². The lowest BCUT2D eigenvalue weighted by molar-refractivity contribution is 0.405. The quantitative estimate of drug-likeness (QED) is 0.719. The highest BCUT2D eigenvalue weighted by molar-refractivity contribution is 8.00. The first-order valence-corrected chi connectivity index (χ1v) is 12.9. The molecule has 2 aliphatic rings. The molecule has 0 unspecified atom stereocenters. The maximum Gasteiger partial charge on any atom is 0.285 e. The molecule has 1 aromatic rings. The van der Waals surface area contributed by atoms with Gasteiger partial charge >= 0.3 is 0 Å². The summed E-state index contributed by atoms with van der Waals surface area (Å²) in [6.45, 7) is 8.93. The zero-order valence-electron chi connectivity index (χ0n) is 17.4. The maximum atomic E-state index is 12.8. The summed E-state index contributed by atoms with van der Waals surface area (Å²) in [5.41, 5.74) is 2.40. The Bertz CT molecular complexity index is 1040. The van der Waals surface area contributed by atoms with Crippen molar-refractivity contribution in [3.05, 3.63) is 41.0 Å². The summed E-state index contributed by atoms with van der Waals surface area (Å²) in [7, 11) is -7.11. The van der Waals surface area contributed by atoms with Gasteiger partial charge < -0.3 is 4.90 Å². The lowest BCUT2D eigenvalue weighted by Crippen LogP contribution is -2.40. The minimum absolute atomic E-state index is 0.242. The molecule has 0 spiro atoms. The number of aryl methyl sites for hydroxylation is 1. The van der Waals surface area contributed by atoms with Crippen LogP contribution in [0.4, 0.5) is 0 Å². The highest BCUT2D eigenvalue weighted by Gasteiger charge is 2.35. The van der Waals surface area contributed by atoms with Gasteiger partial charge in [0.15, 0.2) is 0 Å². The molecule has 160 valence electrons. The summed E-state index contributed by atoms with van der Waals surface area (Å²) in [6.07, 6.45) is 1.51. The largest absolute Gasteiger partial charge is 0.354 e. The van der Waals surface area contributed by atoms with Crippen LogP contribution in [0, 0.1) is 0 Å². The number of rotatable bonds is 4. The fraction of sp³-hybridized carbons (Fsp3) is 0.550. The third kappa shape index (κ3) is 4.27. The molecule has 0 amide bonds. The predicted octanol–water partition coefficient (Wildman–Crippen LogP) is 2.47. The smallest absolute Gasteiger partial charge is 0.285 e. The van der Waals surface area contributed by atoms with Gasteiger partial charge in [0.25, 0.3) is 10.0 Å². The number of amidine groups is 1. The van der Waals surface area contributed by atoms with Crippen LogP contribution >= 0.6 is 0 Å². The minimum atomic E-state index is -3.78.